The second-order valence-corrected chi connectivity index (χ2v) is 6.20. The van der Waals surface area contributed by atoms with Crippen LogP contribution in [0.1, 0.15) is 52.9 Å². The number of carbonyl (C=O) groups excluding carboxylic acids is 2. The van der Waals surface area contributed by atoms with Gasteiger partial charge in [0.15, 0.2) is 0 Å². The molecule has 2 amide bonds. The molecule has 2 rings (SSSR count). The van der Waals surface area contributed by atoms with Crippen molar-refractivity contribution in [3.05, 3.63) is 0 Å². The summed E-state index contributed by atoms with van der Waals surface area (Å²) in [5.41, 5.74) is -1.02. The molecule has 2 saturated heterocycles. The minimum atomic E-state index is -0.742. The van der Waals surface area contributed by atoms with Gasteiger partial charge in [0.05, 0.1) is 12.1 Å². The molecule has 2 aliphatic rings. The maximum Gasteiger partial charge on any atom is 0.248 e. The van der Waals surface area contributed by atoms with E-state index in [4.69, 9.17) is 4.74 Å². The Bertz CT molecular complexity index is 385. The van der Waals surface area contributed by atoms with E-state index < -0.39 is 5.54 Å². The van der Waals surface area contributed by atoms with Crippen LogP contribution in [-0.4, -0.2) is 47.6 Å². The third kappa shape index (κ3) is 2.55. The Hall–Kier alpha value is -1.10. The molecule has 0 aromatic heterocycles. The third-order valence-corrected chi connectivity index (χ3v) is 4.87. The van der Waals surface area contributed by atoms with Crippen molar-refractivity contribution in [2.75, 3.05) is 19.8 Å². The second kappa shape index (κ2) is 5.72. The van der Waals surface area contributed by atoms with Crippen molar-refractivity contribution in [2.45, 2.75) is 64.0 Å². The molecule has 1 unspecified atom stereocenters. The van der Waals surface area contributed by atoms with Crippen molar-refractivity contribution >= 4 is 11.8 Å². The molecule has 114 valence electrons. The molecule has 0 spiro atoms. The topological polar surface area (TPSA) is 58.6 Å². The average molecular weight is 282 g/mol. The molecular formula is C15H26N2O3. The lowest BCUT2D eigenvalue weighted by Crippen LogP contribution is -2.63. The van der Waals surface area contributed by atoms with Crippen molar-refractivity contribution in [2.24, 2.45) is 0 Å². The summed E-state index contributed by atoms with van der Waals surface area (Å²) < 4.78 is 5.59. The van der Waals surface area contributed by atoms with E-state index in [9.17, 15) is 9.59 Å². The van der Waals surface area contributed by atoms with E-state index in [2.05, 4.69) is 12.2 Å². The summed E-state index contributed by atoms with van der Waals surface area (Å²) in [4.78, 5) is 26.9. The van der Waals surface area contributed by atoms with Crippen molar-refractivity contribution in [1.82, 2.24) is 10.2 Å². The molecule has 2 heterocycles. The van der Waals surface area contributed by atoms with E-state index in [0.29, 0.717) is 32.4 Å². The Morgan fingerprint density at radius 3 is 2.55 bits per heavy atom. The van der Waals surface area contributed by atoms with Gasteiger partial charge in [-0.15, -0.1) is 0 Å². The van der Waals surface area contributed by atoms with Gasteiger partial charge in [-0.05, 0) is 32.6 Å². The van der Waals surface area contributed by atoms with E-state index in [1.54, 1.807) is 0 Å². The van der Waals surface area contributed by atoms with E-state index in [1.165, 1.54) is 0 Å². The molecular weight excluding hydrogens is 256 g/mol. The Balaban J connectivity index is 2.32. The Morgan fingerprint density at radius 1 is 1.30 bits per heavy atom. The normalized spacial score (nSPS) is 30.9. The molecule has 2 fully saturated rings. The largest absolute Gasteiger partial charge is 0.379 e. The number of hydrogen-bond acceptors (Lipinski definition) is 3. The monoisotopic (exact) mass is 282 g/mol. The molecule has 2 aliphatic heterocycles. The SMILES string of the molecule is CCC1(CC)NC(=O)CCN(C2(C)CCCOC2)C1=O. The molecule has 5 nitrogen and oxygen atoms in total. The molecule has 0 radical (unpaired) electrons. The second-order valence-electron chi connectivity index (χ2n) is 6.20. The van der Waals surface area contributed by atoms with Gasteiger partial charge < -0.3 is 15.0 Å². The summed E-state index contributed by atoms with van der Waals surface area (Å²) in [6, 6.07) is 0. The highest BCUT2D eigenvalue weighted by molar-refractivity contribution is 5.94. The lowest BCUT2D eigenvalue weighted by molar-refractivity contribution is -0.149. The van der Waals surface area contributed by atoms with Crippen LogP contribution in [0.25, 0.3) is 0 Å². The van der Waals surface area contributed by atoms with Gasteiger partial charge in [0, 0.05) is 19.6 Å². The van der Waals surface area contributed by atoms with Gasteiger partial charge in [-0.25, -0.2) is 0 Å². The number of nitrogens with zero attached hydrogens (tertiary/aromatic N) is 1. The molecule has 0 aromatic carbocycles. The fourth-order valence-electron chi connectivity index (χ4n) is 3.33. The van der Waals surface area contributed by atoms with Crippen LogP contribution in [-0.2, 0) is 14.3 Å². The number of rotatable bonds is 3. The van der Waals surface area contributed by atoms with Crippen molar-refractivity contribution in [3.63, 3.8) is 0 Å². The first-order valence-electron chi connectivity index (χ1n) is 7.68. The quantitative estimate of drug-likeness (QED) is 0.852. The summed E-state index contributed by atoms with van der Waals surface area (Å²) in [6.45, 7) is 7.83. The summed E-state index contributed by atoms with van der Waals surface area (Å²) in [7, 11) is 0. The van der Waals surface area contributed by atoms with Crippen molar-refractivity contribution in [1.29, 1.82) is 0 Å². The van der Waals surface area contributed by atoms with Crippen LogP contribution in [0.15, 0.2) is 0 Å². The standard InChI is InChI=1S/C15H26N2O3/c1-4-15(5-2)13(19)17(9-7-12(18)16-15)14(3)8-6-10-20-11-14/h4-11H2,1-3H3,(H,16,18). The van der Waals surface area contributed by atoms with E-state index in [-0.39, 0.29) is 17.4 Å². The van der Waals surface area contributed by atoms with Crippen LogP contribution in [0.3, 0.4) is 0 Å². The first-order valence-corrected chi connectivity index (χ1v) is 7.68. The van der Waals surface area contributed by atoms with Gasteiger partial charge in [0.2, 0.25) is 11.8 Å². The fraction of sp³-hybridized carbons (Fsp3) is 0.867. The summed E-state index contributed by atoms with van der Waals surface area (Å²) in [6.07, 6.45) is 3.54. The molecule has 1 N–H and O–H groups in total. The molecule has 20 heavy (non-hydrogen) atoms. The van der Waals surface area contributed by atoms with Crippen LogP contribution >= 0.6 is 0 Å². The molecule has 0 aromatic rings. The molecule has 0 aliphatic carbocycles. The van der Waals surface area contributed by atoms with Gasteiger partial charge in [-0.3, -0.25) is 9.59 Å². The molecule has 0 saturated carbocycles. The highest BCUT2D eigenvalue weighted by Crippen LogP contribution is 2.31. The summed E-state index contributed by atoms with van der Waals surface area (Å²) in [5.74, 6) is 0.0335. The maximum absolute atomic E-state index is 13.0. The van der Waals surface area contributed by atoms with Crippen LogP contribution in [0.4, 0.5) is 0 Å². The maximum atomic E-state index is 13.0. The zero-order valence-electron chi connectivity index (χ0n) is 12.8. The highest BCUT2D eigenvalue weighted by Gasteiger charge is 2.47. The van der Waals surface area contributed by atoms with Gasteiger partial charge >= 0.3 is 0 Å². The lowest BCUT2D eigenvalue weighted by Gasteiger charge is -2.46. The number of ether oxygens (including phenoxy) is 1. The Morgan fingerprint density at radius 2 is 2.00 bits per heavy atom. The highest BCUT2D eigenvalue weighted by atomic mass is 16.5. The van der Waals surface area contributed by atoms with E-state index in [1.807, 2.05) is 18.7 Å². The summed E-state index contributed by atoms with van der Waals surface area (Å²) in [5, 5.41) is 2.96. The van der Waals surface area contributed by atoms with Crippen LogP contribution in [0.5, 0.6) is 0 Å². The van der Waals surface area contributed by atoms with Crippen molar-refractivity contribution in [3.8, 4) is 0 Å². The van der Waals surface area contributed by atoms with Gasteiger partial charge in [-0.1, -0.05) is 13.8 Å². The van der Waals surface area contributed by atoms with Crippen molar-refractivity contribution < 1.29 is 14.3 Å². The first-order chi connectivity index (χ1) is 9.47. The van der Waals surface area contributed by atoms with Crippen LogP contribution in [0, 0.1) is 0 Å². The molecule has 0 bridgehead atoms. The van der Waals surface area contributed by atoms with Gasteiger partial charge in [0.1, 0.15) is 5.54 Å². The minimum absolute atomic E-state index is 0.0233. The molecule has 5 heteroatoms. The summed E-state index contributed by atoms with van der Waals surface area (Å²) >= 11 is 0. The Kier molecular flexibility index (Phi) is 4.37. The smallest absolute Gasteiger partial charge is 0.248 e. The predicted molar refractivity (Wildman–Crippen MR) is 76.2 cm³/mol. The average Bonchev–Trinajstić information content (AvgIpc) is 2.57. The number of nitrogens with one attached hydrogen (secondary N) is 1. The predicted octanol–water partition coefficient (Wildman–Crippen LogP) is 1.46. The lowest BCUT2D eigenvalue weighted by atomic mass is 9.86. The zero-order valence-corrected chi connectivity index (χ0v) is 12.8. The number of hydrogen-bond donors (Lipinski definition) is 1. The molecule has 1 atom stereocenters. The Labute approximate surface area is 121 Å². The van der Waals surface area contributed by atoms with Gasteiger partial charge in [0.25, 0.3) is 0 Å². The van der Waals surface area contributed by atoms with E-state index >= 15 is 0 Å². The first kappa shape index (κ1) is 15.3. The van der Waals surface area contributed by atoms with Crippen LogP contribution < -0.4 is 5.32 Å². The third-order valence-electron chi connectivity index (χ3n) is 4.87. The van der Waals surface area contributed by atoms with E-state index in [0.717, 1.165) is 19.4 Å². The zero-order chi connectivity index (χ0) is 14.8. The number of amides is 2. The minimum Gasteiger partial charge on any atom is -0.379 e. The van der Waals surface area contributed by atoms with Crippen LogP contribution in [0.2, 0.25) is 0 Å². The number of carbonyl (C=O) groups is 2. The fourth-order valence-corrected chi connectivity index (χ4v) is 3.33. The van der Waals surface area contributed by atoms with Gasteiger partial charge in [-0.2, -0.15) is 0 Å².